The van der Waals surface area contributed by atoms with Crippen LogP contribution in [0.4, 0.5) is 23.1 Å². The number of aromatic nitrogens is 6. The summed E-state index contributed by atoms with van der Waals surface area (Å²) in [5.41, 5.74) is 6.94. The molecular weight excluding hydrogens is 436 g/mol. The molecule has 0 radical (unpaired) electrons. The third-order valence-electron chi connectivity index (χ3n) is 6.27. The Kier molecular flexibility index (Phi) is 4.92. The van der Waals surface area contributed by atoms with E-state index in [0.717, 1.165) is 56.2 Å². The van der Waals surface area contributed by atoms with E-state index in [1.54, 1.807) is 6.20 Å². The summed E-state index contributed by atoms with van der Waals surface area (Å²) in [5, 5.41) is 9.09. The van der Waals surface area contributed by atoms with Crippen molar-refractivity contribution in [1.82, 2.24) is 29.7 Å². The molecule has 2 N–H and O–H groups in total. The number of nitrogens with one attached hydrogen (secondary N) is 2. The first-order valence-corrected chi connectivity index (χ1v) is 11.4. The van der Waals surface area contributed by atoms with Crippen molar-refractivity contribution in [2.24, 2.45) is 7.05 Å². The third kappa shape index (κ3) is 3.85. The zero-order valence-electron chi connectivity index (χ0n) is 19.7. The van der Waals surface area contributed by atoms with Crippen molar-refractivity contribution >= 4 is 45.1 Å². The average molecular weight is 461 g/mol. The maximum Gasteiger partial charge on any atom is 0.229 e. The molecule has 35 heavy (non-hydrogen) atoms. The lowest BCUT2D eigenvalue weighted by Crippen LogP contribution is -2.12. The van der Waals surface area contributed by atoms with Crippen LogP contribution in [-0.4, -0.2) is 36.8 Å². The highest BCUT2D eigenvalue weighted by Crippen LogP contribution is 2.28. The van der Waals surface area contributed by atoms with Gasteiger partial charge >= 0.3 is 0 Å². The minimum atomic E-state index is 0.519. The van der Waals surface area contributed by atoms with Crippen LogP contribution in [0, 0.1) is 6.92 Å². The summed E-state index contributed by atoms with van der Waals surface area (Å²) in [6, 6.07) is 24.2. The van der Waals surface area contributed by atoms with Crippen molar-refractivity contribution in [3.63, 3.8) is 0 Å². The predicted octanol–water partition coefficient (Wildman–Crippen LogP) is 5.73. The van der Waals surface area contributed by atoms with E-state index in [0.29, 0.717) is 5.95 Å². The Bertz CT molecular complexity index is 1650. The molecule has 0 atom stereocenters. The van der Waals surface area contributed by atoms with E-state index in [1.165, 1.54) is 0 Å². The van der Waals surface area contributed by atoms with Crippen LogP contribution in [0.3, 0.4) is 0 Å². The maximum absolute atomic E-state index is 4.74. The van der Waals surface area contributed by atoms with Gasteiger partial charge < -0.3 is 15.2 Å². The summed E-state index contributed by atoms with van der Waals surface area (Å²) in [7, 11) is 3.95. The number of aromatic amines is 1. The van der Waals surface area contributed by atoms with Crippen molar-refractivity contribution < 1.29 is 0 Å². The van der Waals surface area contributed by atoms with Gasteiger partial charge in [0.15, 0.2) is 0 Å². The second-order valence-electron chi connectivity index (χ2n) is 8.52. The maximum atomic E-state index is 4.74. The molecule has 0 aliphatic rings. The number of nitrogens with zero attached hydrogens (tertiary/aromatic N) is 6. The molecule has 0 saturated carbocycles. The second-order valence-corrected chi connectivity index (χ2v) is 8.52. The molecule has 3 heterocycles. The summed E-state index contributed by atoms with van der Waals surface area (Å²) >= 11 is 0. The summed E-state index contributed by atoms with van der Waals surface area (Å²) in [6.45, 7) is 2.07. The fourth-order valence-corrected chi connectivity index (χ4v) is 4.22. The molecule has 0 fully saturated rings. The smallest absolute Gasteiger partial charge is 0.229 e. The molecule has 6 rings (SSSR count). The van der Waals surface area contributed by atoms with Crippen LogP contribution in [0.2, 0.25) is 0 Å². The Morgan fingerprint density at radius 1 is 0.914 bits per heavy atom. The van der Waals surface area contributed by atoms with Crippen LogP contribution in [0.5, 0.6) is 0 Å². The topological polar surface area (TPSA) is 87.6 Å². The highest BCUT2D eigenvalue weighted by atomic mass is 15.3. The molecule has 0 bridgehead atoms. The van der Waals surface area contributed by atoms with Crippen LogP contribution < -0.4 is 10.2 Å². The van der Waals surface area contributed by atoms with Crippen LogP contribution in [0.25, 0.3) is 33.3 Å². The fourth-order valence-electron chi connectivity index (χ4n) is 4.22. The zero-order valence-corrected chi connectivity index (χ0v) is 19.7. The lowest BCUT2D eigenvalue weighted by molar-refractivity contribution is 0.751. The molecule has 3 aromatic carbocycles. The normalized spacial score (nSPS) is 11.3. The zero-order chi connectivity index (χ0) is 23.9. The molecule has 0 aliphatic heterocycles. The SMILES string of the molecule is Cc1c2ccc(N(C)c3ccnc(Nc4cccc(-c5nc6ccccc6[nH]5)c4)n3)cc2nn1C. The number of aryl methyl sites for hydroxylation is 2. The Balaban J connectivity index is 1.26. The predicted molar refractivity (Wildman–Crippen MR) is 140 cm³/mol. The first kappa shape index (κ1) is 20.9. The van der Waals surface area contributed by atoms with Gasteiger partial charge in [-0.1, -0.05) is 24.3 Å². The van der Waals surface area contributed by atoms with Gasteiger partial charge in [0.1, 0.15) is 11.6 Å². The minimum Gasteiger partial charge on any atom is -0.338 e. The second kappa shape index (κ2) is 8.25. The summed E-state index contributed by atoms with van der Waals surface area (Å²) in [6.07, 6.45) is 1.76. The van der Waals surface area contributed by atoms with Gasteiger partial charge in [-0.05, 0) is 55.5 Å². The Morgan fingerprint density at radius 2 is 1.80 bits per heavy atom. The third-order valence-corrected chi connectivity index (χ3v) is 6.27. The Morgan fingerprint density at radius 3 is 2.69 bits per heavy atom. The summed E-state index contributed by atoms with van der Waals surface area (Å²) in [4.78, 5) is 19.3. The van der Waals surface area contributed by atoms with Gasteiger partial charge in [0, 0.05) is 48.3 Å². The highest BCUT2D eigenvalue weighted by molar-refractivity contribution is 5.85. The Labute approximate surface area is 202 Å². The van der Waals surface area contributed by atoms with E-state index in [2.05, 4.69) is 45.5 Å². The summed E-state index contributed by atoms with van der Waals surface area (Å²) in [5.74, 6) is 2.12. The molecule has 0 aliphatic carbocycles. The lowest BCUT2D eigenvalue weighted by atomic mass is 10.2. The average Bonchev–Trinajstić information content (AvgIpc) is 3.44. The van der Waals surface area contributed by atoms with E-state index in [9.17, 15) is 0 Å². The van der Waals surface area contributed by atoms with Crippen LogP contribution in [0.1, 0.15) is 5.69 Å². The van der Waals surface area contributed by atoms with Gasteiger partial charge in [0.2, 0.25) is 5.95 Å². The molecule has 6 aromatic rings. The van der Waals surface area contributed by atoms with Crippen molar-refractivity contribution in [1.29, 1.82) is 0 Å². The van der Waals surface area contributed by atoms with Crippen molar-refractivity contribution in [3.8, 4) is 11.4 Å². The molecular formula is C27H24N8. The Hall–Kier alpha value is -4.72. The van der Waals surface area contributed by atoms with Crippen LogP contribution >= 0.6 is 0 Å². The molecule has 3 aromatic heterocycles. The monoisotopic (exact) mass is 460 g/mol. The number of anilines is 4. The molecule has 8 heteroatoms. The molecule has 8 nitrogen and oxygen atoms in total. The van der Waals surface area contributed by atoms with Gasteiger partial charge in [0.05, 0.1) is 16.6 Å². The molecule has 0 spiro atoms. The first-order valence-electron chi connectivity index (χ1n) is 11.4. The minimum absolute atomic E-state index is 0.519. The number of fused-ring (bicyclic) bond motifs is 2. The van der Waals surface area contributed by atoms with E-state index in [1.807, 2.05) is 78.3 Å². The molecule has 0 unspecified atom stereocenters. The number of hydrogen-bond donors (Lipinski definition) is 2. The number of hydrogen-bond acceptors (Lipinski definition) is 6. The quantitative estimate of drug-likeness (QED) is 0.342. The van der Waals surface area contributed by atoms with Gasteiger partial charge in [-0.2, -0.15) is 10.1 Å². The van der Waals surface area contributed by atoms with E-state index < -0.39 is 0 Å². The number of para-hydroxylation sites is 2. The summed E-state index contributed by atoms with van der Waals surface area (Å²) < 4.78 is 1.90. The lowest BCUT2D eigenvalue weighted by Gasteiger charge is -2.19. The standard InChI is InChI=1S/C27H24N8/c1-17-21-12-11-20(16-24(21)33-35(17)3)34(2)25-13-14-28-27(32-25)29-19-8-6-7-18(15-19)26-30-22-9-4-5-10-23(22)31-26/h4-16H,1-3H3,(H,30,31)(H,28,29,32). The largest absolute Gasteiger partial charge is 0.338 e. The van der Waals surface area contributed by atoms with E-state index >= 15 is 0 Å². The fraction of sp³-hybridized carbons (Fsp3) is 0.111. The van der Waals surface area contributed by atoms with E-state index in [-0.39, 0.29) is 0 Å². The first-order chi connectivity index (χ1) is 17.0. The number of rotatable bonds is 5. The molecule has 172 valence electrons. The van der Waals surface area contributed by atoms with Gasteiger partial charge in [-0.3, -0.25) is 4.68 Å². The van der Waals surface area contributed by atoms with Crippen molar-refractivity contribution in [3.05, 3.63) is 84.7 Å². The van der Waals surface area contributed by atoms with Gasteiger partial charge in [-0.15, -0.1) is 0 Å². The van der Waals surface area contributed by atoms with Crippen LogP contribution in [0.15, 0.2) is 79.0 Å². The highest BCUT2D eigenvalue weighted by Gasteiger charge is 2.12. The van der Waals surface area contributed by atoms with Gasteiger partial charge in [-0.25, -0.2) is 9.97 Å². The molecule has 0 saturated heterocycles. The number of H-pyrrole nitrogens is 1. The number of benzene rings is 3. The van der Waals surface area contributed by atoms with Crippen molar-refractivity contribution in [2.45, 2.75) is 6.92 Å². The van der Waals surface area contributed by atoms with E-state index in [4.69, 9.17) is 9.97 Å². The molecule has 0 amide bonds. The van der Waals surface area contributed by atoms with Gasteiger partial charge in [0.25, 0.3) is 0 Å². The van der Waals surface area contributed by atoms with Crippen molar-refractivity contribution in [2.75, 3.05) is 17.3 Å². The van der Waals surface area contributed by atoms with Crippen LogP contribution in [-0.2, 0) is 7.05 Å². The number of imidazole rings is 1.